The highest BCUT2D eigenvalue weighted by Crippen LogP contribution is 2.38. The molecule has 0 aliphatic carbocycles. The number of methoxy groups -OCH3 is 1. The molecule has 0 fully saturated rings. The van der Waals surface area contributed by atoms with Gasteiger partial charge in [0.15, 0.2) is 8.32 Å². The Morgan fingerprint density at radius 3 is 2.12 bits per heavy atom. The zero-order valence-electron chi connectivity index (χ0n) is 16.8. The first-order valence-electron chi connectivity index (χ1n) is 8.90. The highest BCUT2D eigenvalue weighted by atomic mass is 28.4. The molecule has 0 radical (unpaired) electrons. The third-order valence-electron chi connectivity index (χ3n) is 5.07. The molecule has 0 saturated carbocycles. The van der Waals surface area contributed by atoms with Crippen molar-refractivity contribution in [3.63, 3.8) is 0 Å². The Balaban J connectivity index is 2.54. The summed E-state index contributed by atoms with van der Waals surface area (Å²) in [6.45, 7) is 17.0. The number of ether oxygens (including phenoxy) is 2. The number of benzene rings is 1. The van der Waals surface area contributed by atoms with Crippen LogP contribution in [0.5, 0.6) is 0 Å². The van der Waals surface area contributed by atoms with Crippen molar-refractivity contribution in [2.24, 2.45) is 5.92 Å². The van der Waals surface area contributed by atoms with Gasteiger partial charge in [0.1, 0.15) is 0 Å². The lowest BCUT2D eigenvalue weighted by Gasteiger charge is -2.41. The Bertz CT molecular complexity index is 468. The van der Waals surface area contributed by atoms with Crippen LogP contribution in [0.2, 0.25) is 18.1 Å². The van der Waals surface area contributed by atoms with Crippen LogP contribution in [0.3, 0.4) is 0 Å². The lowest BCUT2D eigenvalue weighted by Crippen LogP contribution is -2.48. The van der Waals surface area contributed by atoms with Crippen LogP contribution in [0.4, 0.5) is 0 Å². The topological polar surface area (TPSA) is 27.7 Å². The molecule has 3 atom stereocenters. The smallest absolute Gasteiger partial charge is 0.192 e. The van der Waals surface area contributed by atoms with Crippen LogP contribution in [0, 0.1) is 5.92 Å². The first-order chi connectivity index (χ1) is 11.1. The molecule has 1 rings (SSSR count). The average molecular weight is 353 g/mol. The van der Waals surface area contributed by atoms with E-state index in [0.717, 1.165) is 0 Å². The summed E-state index contributed by atoms with van der Waals surface area (Å²) in [5.74, 6) is 0.276. The Morgan fingerprint density at radius 2 is 1.62 bits per heavy atom. The van der Waals surface area contributed by atoms with Gasteiger partial charge in [-0.2, -0.15) is 0 Å². The normalized spacial score (nSPS) is 16.7. The minimum absolute atomic E-state index is 0.0369. The maximum absolute atomic E-state index is 6.50. The van der Waals surface area contributed by atoms with Crippen LogP contribution >= 0.6 is 0 Å². The zero-order chi connectivity index (χ0) is 18.4. The molecule has 0 saturated heterocycles. The Kier molecular flexibility index (Phi) is 8.13. The summed E-state index contributed by atoms with van der Waals surface area (Å²) >= 11 is 0. The summed E-state index contributed by atoms with van der Waals surface area (Å²) < 4.78 is 18.1. The maximum Gasteiger partial charge on any atom is 0.192 e. The molecular formula is C20H36O3Si. The van der Waals surface area contributed by atoms with Crippen molar-refractivity contribution in [3.8, 4) is 0 Å². The van der Waals surface area contributed by atoms with E-state index in [-0.39, 0.29) is 23.2 Å². The second-order valence-corrected chi connectivity index (χ2v) is 13.0. The summed E-state index contributed by atoms with van der Waals surface area (Å²) in [6, 6.07) is 10.3. The molecule has 0 amide bonds. The summed E-state index contributed by atoms with van der Waals surface area (Å²) in [6.07, 6.45) is 0.0983. The molecule has 1 aromatic carbocycles. The van der Waals surface area contributed by atoms with Gasteiger partial charge in [0.2, 0.25) is 0 Å². The van der Waals surface area contributed by atoms with E-state index in [2.05, 4.69) is 59.8 Å². The Labute approximate surface area is 149 Å². The molecule has 0 aliphatic rings. The van der Waals surface area contributed by atoms with E-state index < -0.39 is 8.32 Å². The molecule has 0 aromatic heterocycles. The van der Waals surface area contributed by atoms with Gasteiger partial charge in [0.25, 0.3) is 0 Å². The number of hydrogen-bond donors (Lipinski definition) is 0. The average Bonchev–Trinajstić information content (AvgIpc) is 2.47. The predicted molar refractivity (Wildman–Crippen MR) is 104 cm³/mol. The van der Waals surface area contributed by atoms with Crippen molar-refractivity contribution >= 4 is 8.32 Å². The van der Waals surface area contributed by atoms with E-state index in [1.54, 1.807) is 7.11 Å². The highest BCUT2D eigenvalue weighted by Gasteiger charge is 2.40. The second-order valence-electron chi connectivity index (χ2n) is 8.26. The van der Waals surface area contributed by atoms with E-state index in [0.29, 0.717) is 13.2 Å². The lowest BCUT2D eigenvalue weighted by molar-refractivity contribution is -0.0527. The fourth-order valence-electron chi connectivity index (χ4n) is 2.63. The van der Waals surface area contributed by atoms with Gasteiger partial charge in [0, 0.05) is 13.0 Å². The van der Waals surface area contributed by atoms with Gasteiger partial charge in [-0.15, -0.1) is 0 Å². The third-order valence-corrected chi connectivity index (χ3v) is 9.65. The number of hydrogen-bond acceptors (Lipinski definition) is 3. The van der Waals surface area contributed by atoms with E-state index in [9.17, 15) is 0 Å². The van der Waals surface area contributed by atoms with E-state index >= 15 is 0 Å². The van der Waals surface area contributed by atoms with Gasteiger partial charge >= 0.3 is 0 Å². The second kappa shape index (κ2) is 9.14. The molecule has 0 heterocycles. The van der Waals surface area contributed by atoms with Crippen LogP contribution < -0.4 is 0 Å². The van der Waals surface area contributed by atoms with Crippen molar-refractivity contribution in [3.05, 3.63) is 35.9 Å². The van der Waals surface area contributed by atoms with Gasteiger partial charge in [-0.25, -0.2) is 0 Å². The summed E-state index contributed by atoms with van der Waals surface area (Å²) in [5, 5.41) is 0.201. The van der Waals surface area contributed by atoms with Crippen molar-refractivity contribution in [1.82, 2.24) is 0 Å². The van der Waals surface area contributed by atoms with Crippen molar-refractivity contribution in [2.45, 2.75) is 71.6 Å². The summed E-state index contributed by atoms with van der Waals surface area (Å²) in [4.78, 5) is 0. The monoisotopic (exact) mass is 352 g/mol. The molecule has 3 nitrogen and oxygen atoms in total. The van der Waals surface area contributed by atoms with Gasteiger partial charge in [0.05, 0.1) is 25.4 Å². The van der Waals surface area contributed by atoms with Crippen LogP contribution in [0.25, 0.3) is 0 Å². The van der Waals surface area contributed by atoms with E-state index in [4.69, 9.17) is 13.9 Å². The van der Waals surface area contributed by atoms with Crippen LogP contribution in [0.15, 0.2) is 30.3 Å². The molecule has 1 aromatic rings. The maximum atomic E-state index is 6.50. The van der Waals surface area contributed by atoms with Crippen LogP contribution in [-0.2, 0) is 20.5 Å². The van der Waals surface area contributed by atoms with Crippen molar-refractivity contribution < 1.29 is 13.9 Å². The van der Waals surface area contributed by atoms with E-state index in [1.165, 1.54) is 5.56 Å². The minimum Gasteiger partial charge on any atom is -0.412 e. The van der Waals surface area contributed by atoms with Gasteiger partial charge in [-0.1, -0.05) is 58.0 Å². The highest BCUT2D eigenvalue weighted by molar-refractivity contribution is 6.74. The van der Waals surface area contributed by atoms with E-state index in [1.807, 2.05) is 18.2 Å². The van der Waals surface area contributed by atoms with Crippen LogP contribution in [-0.4, -0.2) is 34.2 Å². The molecule has 0 bridgehead atoms. The molecule has 0 unspecified atom stereocenters. The Morgan fingerprint density at radius 1 is 1.04 bits per heavy atom. The third kappa shape index (κ3) is 6.32. The molecule has 0 N–H and O–H groups in total. The predicted octanol–water partition coefficient (Wildman–Crippen LogP) is 5.26. The minimum atomic E-state index is -1.80. The van der Waals surface area contributed by atoms with Crippen LogP contribution in [0.1, 0.15) is 40.2 Å². The standard InChI is InChI=1S/C20H36O3Si/c1-16(14-22-15-18-12-10-9-11-13-18)19(21-6)17(2)23-24(7,8)20(3,4)5/h9-13,16-17,19H,14-15H2,1-8H3/t16-,17+,19+/m0/s1. The summed E-state index contributed by atoms with van der Waals surface area (Å²) in [5.41, 5.74) is 1.20. The van der Waals surface area contributed by atoms with Gasteiger partial charge < -0.3 is 13.9 Å². The quantitative estimate of drug-likeness (QED) is 0.567. The Hall–Kier alpha value is -0.683. The summed E-state index contributed by atoms with van der Waals surface area (Å²) in [7, 11) is -0.0299. The largest absolute Gasteiger partial charge is 0.412 e. The fourth-order valence-corrected chi connectivity index (χ4v) is 4.04. The fraction of sp³-hybridized carbons (Fsp3) is 0.700. The first kappa shape index (κ1) is 21.4. The molecule has 0 aliphatic heterocycles. The van der Waals surface area contributed by atoms with Gasteiger partial charge in [-0.3, -0.25) is 0 Å². The van der Waals surface area contributed by atoms with Gasteiger partial charge in [-0.05, 0) is 30.6 Å². The van der Waals surface area contributed by atoms with Crippen molar-refractivity contribution in [1.29, 1.82) is 0 Å². The van der Waals surface area contributed by atoms with Crippen molar-refractivity contribution in [2.75, 3.05) is 13.7 Å². The molecular weight excluding hydrogens is 316 g/mol. The molecule has 0 spiro atoms. The SMILES string of the molecule is CO[C@H]([C@@H](C)COCc1ccccc1)[C@@H](C)O[Si](C)(C)C(C)(C)C. The first-order valence-corrected chi connectivity index (χ1v) is 11.8. The lowest BCUT2D eigenvalue weighted by atomic mass is 10.0. The zero-order valence-corrected chi connectivity index (χ0v) is 17.8. The molecule has 138 valence electrons. The molecule has 24 heavy (non-hydrogen) atoms. The molecule has 4 heteroatoms. The number of rotatable bonds is 9.